The van der Waals surface area contributed by atoms with Crippen LogP contribution in [0.15, 0.2) is 65.5 Å². The van der Waals surface area contributed by atoms with Crippen LogP contribution in [0.2, 0.25) is 0 Å². The van der Waals surface area contributed by atoms with E-state index in [-0.39, 0.29) is 0 Å². The quantitative estimate of drug-likeness (QED) is 0.733. The second kappa shape index (κ2) is 6.17. The van der Waals surface area contributed by atoms with E-state index in [1.54, 1.807) is 31.5 Å². The van der Waals surface area contributed by atoms with Crippen LogP contribution in [0.4, 0.5) is 0 Å². The normalized spacial score (nSPS) is 13.9. The molecule has 0 fully saturated rings. The van der Waals surface area contributed by atoms with E-state index in [9.17, 15) is 5.11 Å². The molecule has 114 valence electrons. The fourth-order valence-electron chi connectivity index (χ4n) is 2.31. The van der Waals surface area contributed by atoms with Crippen LogP contribution >= 0.6 is 0 Å². The van der Waals surface area contributed by atoms with Gasteiger partial charge in [0.05, 0.1) is 12.0 Å². The van der Waals surface area contributed by atoms with Gasteiger partial charge in [0.15, 0.2) is 0 Å². The van der Waals surface area contributed by atoms with E-state index in [0.29, 0.717) is 18.8 Å². The SMILES string of the molecule is CC(O)(CNCc1ccc(-n2cccn2)cc1)c1ccco1. The first-order chi connectivity index (χ1) is 10.6. The van der Waals surface area contributed by atoms with Crippen molar-refractivity contribution in [2.24, 2.45) is 0 Å². The lowest BCUT2D eigenvalue weighted by molar-refractivity contribution is 0.0340. The molecule has 3 aromatic rings. The van der Waals surface area contributed by atoms with Gasteiger partial charge in [0.1, 0.15) is 11.4 Å². The summed E-state index contributed by atoms with van der Waals surface area (Å²) in [6.07, 6.45) is 5.23. The Morgan fingerprint density at radius 2 is 2.05 bits per heavy atom. The molecule has 3 rings (SSSR count). The molecule has 1 atom stereocenters. The fraction of sp³-hybridized carbons (Fsp3) is 0.235. The Hall–Kier alpha value is -2.37. The number of nitrogens with one attached hydrogen (secondary N) is 1. The Balaban J connectivity index is 1.56. The van der Waals surface area contributed by atoms with E-state index >= 15 is 0 Å². The molecule has 5 nitrogen and oxygen atoms in total. The maximum absolute atomic E-state index is 10.4. The number of hydrogen-bond acceptors (Lipinski definition) is 4. The third-order valence-electron chi connectivity index (χ3n) is 3.56. The van der Waals surface area contributed by atoms with Gasteiger partial charge in [-0.15, -0.1) is 0 Å². The number of aromatic nitrogens is 2. The maximum Gasteiger partial charge on any atom is 0.136 e. The Morgan fingerprint density at radius 1 is 1.23 bits per heavy atom. The molecule has 0 saturated heterocycles. The number of benzene rings is 1. The summed E-state index contributed by atoms with van der Waals surface area (Å²) >= 11 is 0. The van der Waals surface area contributed by atoms with Gasteiger partial charge in [-0.1, -0.05) is 12.1 Å². The molecule has 0 amide bonds. The van der Waals surface area contributed by atoms with Crippen LogP contribution in [0.25, 0.3) is 5.69 Å². The van der Waals surface area contributed by atoms with Crippen LogP contribution in [0.5, 0.6) is 0 Å². The van der Waals surface area contributed by atoms with Gasteiger partial charge >= 0.3 is 0 Å². The molecule has 1 aromatic carbocycles. The molecule has 0 radical (unpaired) electrons. The van der Waals surface area contributed by atoms with Crippen LogP contribution in [0, 0.1) is 0 Å². The van der Waals surface area contributed by atoms with Gasteiger partial charge in [-0.25, -0.2) is 4.68 Å². The zero-order valence-corrected chi connectivity index (χ0v) is 12.4. The molecular formula is C17H19N3O2. The maximum atomic E-state index is 10.4. The van der Waals surface area contributed by atoms with Crippen LogP contribution in [0.1, 0.15) is 18.2 Å². The van der Waals surface area contributed by atoms with E-state index in [2.05, 4.69) is 10.4 Å². The van der Waals surface area contributed by atoms with Crippen LogP contribution in [-0.4, -0.2) is 21.4 Å². The van der Waals surface area contributed by atoms with Gasteiger partial charge < -0.3 is 14.8 Å². The van der Waals surface area contributed by atoms with E-state index in [1.807, 2.05) is 41.2 Å². The Bertz CT molecular complexity index is 686. The smallest absolute Gasteiger partial charge is 0.136 e. The molecule has 0 bridgehead atoms. The van der Waals surface area contributed by atoms with Gasteiger partial charge in [-0.2, -0.15) is 5.10 Å². The van der Waals surface area contributed by atoms with E-state index in [4.69, 9.17) is 4.42 Å². The molecule has 0 saturated carbocycles. The van der Waals surface area contributed by atoms with Crippen molar-refractivity contribution in [2.45, 2.75) is 19.1 Å². The Morgan fingerprint density at radius 3 is 2.68 bits per heavy atom. The number of hydrogen-bond donors (Lipinski definition) is 2. The zero-order valence-electron chi connectivity index (χ0n) is 12.4. The highest BCUT2D eigenvalue weighted by atomic mass is 16.4. The molecule has 0 aliphatic carbocycles. The predicted octanol–water partition coefficient (Wildman–Crippen LogP) is 2.46. The second-order valence-electron chi connectivity index (χ2n) is 5.47. The lowest BCUT2D eigenvalue weighted by atomic mass is 10.0. The van der Waals surface area contributed by atoms with Crippen molar-refractivity contribution < 1.29 is 9.52 Å². The molecule has 0 spiro atoms. The minimum Gasteiger partial charge on any atom is -0.466 e. The zero-order chi connectivity index (χ0) is 15.4. The summed E-state index contributed by atoms with van der Waals surface area (Å²) < 4.78 is 7.08. The van der Waals surface area contributed by atoms with Crippen LogP contribution in [0.3, 0.4) is 0 Å². The summed E-state index contributed by atoms with van der Waals surface area (Å²) in [7, 11) is 0. The predicted molar refractivity (Wildman–Crippen MR) is 83.5 cm³/mol. The average Bonchev–Trinajstić information content (AvgIpc) is 3.22. The molecule has 0 aliphatic rings. The molecule has 2 N–H and O–H groups in total. The van der Waals surface area contributed by atoms with Crippen molar-refractivity contribution in [3.8, 4) is 5.69 Å². The highest BCUT2D eigenvalue weighted by molar-refractivity contribution is 5.33. The summed E-state index contributed by atoms with van der Waals surface area (Å²) in [6.45, 7) is 2.83. The number of nitrogens with zero attached hydrogens (tertiary/aromatic N) is 2. The van der Waals surface area contributed by atoms with Gasteiger partial charge in [0, 0.05) is 25.5 Å². The molecule has 1 unspecified atom stereocenters. The largest absolute Gasteiger partial charge is 0.466 e. The highest BCUT2D eigenvalue weighted by Crippen LogP contribution is 2.20. The summed E-state index contributed by atoms with van der Waals surface area (Å²) in [4.78, 5) is 0. The standard InChI is InChI=1S/C17H19N3O2/c1-17(21,16-4-2-11-22-16)13-18-12-14-5-7-15(8-6-14)20-10-3-9-19-20/h2-11,18,21H,12-13H2,1H3. The highest BCUT2D eigenvalue weighted by Gasteiger charge is 2.25. The lowest BCUT2D eigenvalue weighted by Crippen LogP contribution is -2.34. The first-order valence-corrected chi connectivity index (χ1v) is 7.21. The van der Waals surface area contributed by atoms with E-state index < -0.39 is 5.60 Å². The second-order valence-corrected chi connectivity index (χ2v) is 5.47. The summed E-state index contributed by atoms with van der Waals surface area (Å²) in [6, 6.07) is 13.6. The van der Waals surface area contributed by atoms with Crippen LogP contribution in [-0.2, 0) is 12.1 Å². The summed E-state index contributed by atoms with van der Waals surface area (Å²) in [5, 5.41) is 17.8. The number of furan rings is 1. The van der Waals surface area contributed by atoms with Crippen molar-refractivity contribution in [1.82, 2.24) is 15.1 Å². The summed E-state index contributed by atoms with van der Waals surface area (Å²) in [5.41, 5.74) is 1.15. The third kappa shape index (κ3) is 3.27. The third-order valence-corrected chi connectivity index (χ3v) is 3.56. The van der Waals surface area contributed by atoms with Gasteiger partial charge in [0.2, 0.25) is 0 Å². The Kier molecular flexibility index (Phi) is 4.09. The van der Waals surface area contributed by atoms with E-state index in [1.165, 1.54) is 0 Å². The van der Waals surface area contributed by atoms with Gasteiger partial charge in [-0.3, -0.25) is 0 Å². The molecular weight excluding hydrogens is 278 g/mol. The first kappa shape index (κ1) is 14.6. The Labute approximate surface area is 129 Å². The molecule has 2 aromatic heterocycles. The molecule has 22 heavy (non-hydrogen) atoms. The van der Waals surface area contributed by atoms with Gasteiger partial charge in [-0.05, 0) is 42.8 Å². The van der Waals surface area contributed by atoms with E-state index in [0.717, 1.165) is 11.3 Å². The number of aliphatic hydroxyl groups is 1. The minimum absolute atomic E-state index is 0.418. The summed E-state index contributed by atoms with van der Waals surface area (Å²) in [5.74, 6) is 0.564. The molecule has 0 aliphatic heterocycles. The minimum atomic E-state index is -1.02. The van der Waals surface area contributed by atoms with Gasteiger partial charge in [0.25, 0.3) is 0 Å². The van der Waals surface area contributed by atoms with Crippen molar-refractivity contribution in [2.75, 3.05) is 6.54 Å². The topological polar surface area (TPSA) is 63.2 Å². The molecule has 5 heteroatoms. The fourth-order valence-corrected chi connectivity index (χ4v) is 2.31. The van der Waals surface area contributed by atoms with Crippen molar-refractivity contribution in [3.05, 3.63) is 72.4 Å². The number of rotatable bonds is 6. The van der Waals surface area contributed by atoms with Crippen molar-refractivity contribution >= 4 is 0 Å². The molecule has 2 heterocycles. The van der Waals surface area contributed by atoms with Crippen molar-refractivity contribution in [1.29, 1.82) is 0 Å². The lowest BCUT2D eigenvalue weighted by Gasteiger charge is -2.21. The van der Waals surface area contributed by atoms with Crippen molar-refractivity contribution in [3.63, 3.8) is 0 Å². The average molecular weight is 297 g/mol. The van der Waals surface area contributed by atoms with Crippen LogP contribution < -0.4 is 5.32 Å². The monoisotopic (exact) mass is 297 g/mol. The first-order valence-electron chi connectivity index (χ1n) is 7.21.